The van der Waals surface area contributed by atoms with E-state index in [1.54, 1.807) is 11.3 Å². The highest BCUT2D eigenvalue weighted by Gasteiger charge is 2.36. The first-order chi connectivity index (χ1) is 9.13. The van der Waals surface area contributed by atoms with Crippen molar-refractivity contribution in [3.8, 4) is 0 Å². The van der Waals surface area contributed by atoms with Gasteiger partial charge in [0.15, 0.2) is 5.96 Å². The van der Waals surface area contributed by atoms with Gasteiger partial charge in [-0.05, 0) is 32.6 Å². The highest BCUT2D eigenvalue weighted by atomic mass is 32.1. The van der Waals surface area contributed by atoms with Crippen LogP contribution in [0.1, 0.15) is 41.8 Å². The fourth-order valence-corrected chi connectivity index (χ4v) is 3.13. The summed E-state index contributed by atoms with van der Waals surface area (Å²) in [6.07, 6.45) is 3.87. The molecule has 2 unspecified atom stereocenters. The largest absolute Gasteiger partial charge is 0.353 e. The van der Waals surface area contributed by atoms with E-state index in [9.17, 15) is 0 Å². The molecule has 2 N–H and O–H groups in total. The summed E-state index contributed by atoms with van der Waals surface area (Å²) in [6.45, 7) is 7.17. The molecule has 1 aliphatic carbocycles. The van der Waals surface area contributed by atoms with E-state index < -0.39 is 0 Å². The Hall–Kier alpha value is -1.10. The summed E-state index contributed by atoms with van der Waals surface area (Å²) in [4.78, 5) is 10.1. The molecule has 1 heterocycles. The maximum Gasteiger partial charge on any atom is 0.191 e. The highest BCUT2D eigenvalue weighted by Crippen LogP contribution is 2.34. The molecular weight excluding hydrogens is 256 g/mol. The van der Waals surface area contributed by atoms with Crippen LogP contribution in [0.5, 0.6) is 0 Å². The van der Waals surface area contributed by atoms with Crippen molar-refractivity contribution in [3.63, 3.8) is 0 Å². The maximum atomic E-state index is 4.53. The van der Waals surface area contributed by atoms with Gasteiger partial charge < -0.3 is 10.6 Å². The number of thiazole rings is 1. The predicted octanol–water partition coefficient (Wildman–Crippen LogP) is 2.61. The first kappa shape index (κ1) is 14.3. The molecule has 1 saturated carbocycles. The molecule has 1 fully saturated rings. The van der Waals surface area contributed by atoms with Crippen molar-refractivity contribution in [2.45, 2.75) is 52.6 Å². The van der Waals surface area contributed by atoms with Crippen molar-refractivity contribution in [2.24, 2.45) is 10.9 Å². The van der Waals surface area contributed by atoms with E-state index in [0.717, 1.165) is 29.1 Å². The topological polar surface area (TPSA) is 49.3 Å². The molecule has 2 atom stereocenters. The lowest BCUT2D eigenvalue weighted by Crippen LogP contribution is -2.38. The van der Waals surface area contributed by atoms with Crippen molar-refractivity contribution in [1.29, 1.82) is 0 Å². The number of rotatable bonds is 5. The third-order valence-electron chi connectivity index (χ3n) is 3.61. The number of nitrogens with zero attached hydrogens (tertiary/aromatic N) is 2. The molecule has 0 amide bonds. The zero-order valence-corrected chi connectivity index (χ0v) is 13.1. The molecule has 106 valence electrons. The Bertz CT molecular complexity index is 433. The van der Waals surface area contributed by atoms with Gasteiger partial charge in [0.2, 0.25) is 0 Å². The quantitative estimate of drug-likeness (QED) is 0.644. The zero-order valence-electron chi connectivity index (χ0n) is 12.3. The number of aromatic nitrogens is 1. The first-order valence-corrected chi connectivity index (χ1v) is 7.85. The summed E-state index contributed by atoms with van der Waals surface area (Å²) in [5, 5.41) is 7.95. The summed E-state index contributed by atoms with van der Waals surface area (Å²) in [5.41, 5.74) is 1.13. The average molecular weight is 280 g/mol. The summed E-state index contributed by atoms with van der Waals surface area (Å²) in [5.74, 6) is 1.74. The minimum Gasteiger partial charge on any atom is -0.353 e. The molecule has 0 saturated heterocycles. The second kappa shape index (κ2) is 6.37. The third kappa shape index (κ3) is 3.93. The van der Waals surface area contributed by atoms with Crippen LogP contribution >= 0.6 is 11.3 Å². The van der Waals surface area contributed by atoms with Gasteiger partial charge in [-0.15, -0.1) is 11.3 Å². The maximum absolute atomic E-state index is 4.53. The summed E-state index contributed by atoms with van der Waals surface area (Å²) >= 11 is 1.75. The van der Waals surface area contributed by atoms with Gasteiger partial charge in [0.25, 0.3) is 0 Å². The van der Waals surface area contributed by atoms with Gasteiger partial charge in [0.05, 0.1) is 12.2 Å². The Morgan fingerprint density at radius 2 is 2.26 bits per heavy atom. The van der Waals surface area contributed by atoms with E-state index in [-0.39, 0.29) is 0 Å². The van der Waals surface area contributed by atoms with Gasteiger partial charge in [-0.25, -0.2) is 4.98 Å². The number of guanidine groups is 1. The van der Waals surface area contributed by atoms with Gasteiger partial charge >= 0.3 is 0 Å². The highest BCUT2D eigenvalue weighted by molar-refractivity contribution is 7.11. The minimum absolute atomic E-state index is 0.617. The Morgan fingerprint density at radius 3 is 2.84 bits per heavy atom. The predicted molar refractivity (Wildman–Crippen MR) is 81.7 cm³/mol. The number of hydrogen-bond acceptors (Lipinski definition) is 3. The van der Waals surface area contributed by atoms with E-state index >= 15 is 0 Å². The number of nitrogens with one attached hydrogen (secondary N) is 2. The SMILES string of the molecule is CCCC1CC1NC(=NC)NCc1nc(C)c(C)s1. The van der Waals surface area contributed by atoms with Gasteiger partial charge in [-0.3, -0.25) is 4.99 Å². The van der Waals surface area contributed by atoms with Crippen LogP contribution in [0, 0.1) is 19.8 Å². The normalized spacial score (nSPS) is 22.4. The van der Waals surface area contributed by atoms with Crippen molar-refractivity contribution >= 4 is 17.3 Å². The van der Waals surface area contributed by atoms with Gasteiger partial charge in [-0.2, -0.15) is 0 Å². The standard InChI is InChI=1S/C14H24N4S/c1-5-6-11-7-12(11)18-14(15-4)16-8-13-17-9(2)10(3)19-13/h11-12H,5-8H2,1-4H3,(H2,15,16,18). The fraction of sp³-hybridized carbons (Fsp3) is 0.714. The third-order valence-corrected chi connectivity index (χ3v) is 4.68. The molecule has 1 aromatic heterocycles. The van der Waals surface area contributed by atoms with E-state index in [2.05, 4.69) is 41.4 Å². The Kier molecular flexibility index (Phi) is 4.80. The molecule has 4 nitrogen and oxygen atoms in total. The molecule has 19 heavy (non-hydrogen) atoms. The van der Waals surface area contributed by atoms with Crippen molar-refractivity contribution in [3.05, 3.63) is 15.6 Å². The van der Waals surface area contributed by atoms with Crippen molar-refractivity contribution < 1.29 is 0 Å². The number of aryl methyl sites for hydroxylation is 2. The van der Waals surface area contributed by atoms with Crippen molar-refractivity contribution in [2.75, 3.05) is 7.05 Å². The van der Waals surface area contributed by atoms with Crippen LogP contribution in [0.4, 0.5) is 0 Å². The fourth-order valence-electron chi connectivity index (χ4n) is 2.26. The molecule has 0 spiro atoms. The van der Waals surface area contributed by atoms with Crippen LogP contribution in [-0.4, -0.2) is 24.0 Å². The molecule has 1 aromatic rings. The van der Waals surface area contributed by atoms with Crippen LogP contribution < -0.4 is 10.6 Å². The molecular formula is C14H24N4S. The summed E-state index contributed by atoms with van der Waals surface area (Å²) in [6, 6.07) is 0.617. The van der Waals surface area contributed by atoms with Crippen LogP contribution in [0.25, 0.3) is 0 Å². The van der Waals surface area contributed by atoms with Crippen LogP contribution in [0.2, 0.25) is 0 Å². The van der Waals surface area contributed by atoms with Gasteiger partial charge in [0.1, 0.15) is 5.01 Å². The number of aliphatic imine (C=N–C) groups is 1. The second-order valence-corrected chi connectivity index (χ2v) is 6.50. The van der Waals surface area contributed by atoms with E-state index in [4.69, 9.17) is 0 Å². The van der Waals surface area contributed by atoms with Crippen molar-refractivity contribution in [1.82, 2.24) is 15.6 Å². The molecule has 0 bridgehead atoms. The number of hydrogen-bond donors (Lipinski definition) is 2. The van der Waals surface area contributed by atoms with Gasteiger partial charge in [-0.1, -0.05) is 13.3 Å². The van der Waals surface area contributed by atoms with Crippen LogP contribution in [0.3, 0.4) is 0 Å². The molecule has 2 rings (SSSR count). The average Bonchev–Trinajstić information content (AvgIpc) is 3.03. The lowest BCUT2D eigenvalue weighted by Gasteiger charge is -2.10. The lowest BCUT2D eigenvalue weighted by molar-refractivity contribution is 0.655. The van der Waals surface area contributed by atoms with E-state index in [1.165, 1.54) is 24.1 Å². The summed E-state index contributed by atoms with van der Waals surface area (Å²) in [7, 11) is 1.82. The monoisotopic (exact) mass is 280 g/mol. The van der Waals surface area contributed by atoms with Crippen LogP contribution in [-0.2, 0) is 6.54 Å². The Labute approximate surface area is 119 Å². The zero-order chi connectivity index (χ0) is 13.8. The minimum atomic E-state index is 0.617. The summed E-state index contributed by atoms with van der Waals surface area (Å²) < 4.78 is 0. The van der Waals surface area contributed by atoms with Crippen LogP contribution in [0.15, 0.2) is 4.99 Å². The lowest BCUT2D eigenvalue weighted by atomic mass is 10.2. The Morgan fingerprint density at radius 1 is 1.47 bits per heavy atom. The second-order valence-electron chi connectivity index (χ2n) is 5.21. The first-order valence-electron chi connectivity index (χ1n) is 7.04. The molecule has 0 aliphatic heterocycles. The van der Waals surface area contributed by atoms with Gasteiger partial charge in [0, 0.05) is 18.0 Å². The molecule has 0 aromatic carbocycles. The van der Waals surface area contributed by atoms with E-state index in [1.807, 2.05) is 7.05 Å². The molecule has 5 heteroatoms. The van der Waals surface area contributed by atoms with E-state index in [0.29, 0.717) is 6.04 Å². The molecule has 0 radical (unpaired) electrons. The molecule has 1 aliphatic rings. The Balaban J connectivity index is 1.77. The smallest absolute Gasteiger partial charge is 0.191 e.